The van der Waals surface area contributed by atoms with E-state index in [9.17, 15) is 13.2 Å². The van der Waals surface area contributed by atoms with Crippen molar-refractivity contribution in [3.63, 3.8) is 0 Å². The van der Waals surface area contributed by atoms with Gasteiger partial charge in [0, 0.05) is 3.92 Å². The first kappa shape index (κ1) is 17.6. The van der Waals surface area contributed by atoms with Crippen molar-refractivity contribution in [2.24, 2.45) is 17.8 Å². The maximum absolute atomic E-state index is 14.6. The molecule has 0 radical (unpaired) electrons. The Labute approximate surface area is 150 Å². The molecule has 2 fully saturated rings. The molecule has 4 heteroatoms. The molecule has 1 atom stereocenters. The lowest BCUT2D eigenvalue weighted by Crippen LogP contribution is -2.23. The molecule has 128 valence electrons. The van der Waals surface area contributed by atoms with Crippen LogP contribution in [0.3, 0.4) is 0 Å². The van der Waals surface area contributed by atoms with E-state index in [1.165, 1.54) is 25.7 Å². The quantitative estimate of drug-likeness (QED) is 0.319. The first-order valence-corrected chi connectivity index (χ1v) is 10.0. The molecule has 2 saturated carbocycles. The van der Waals surface area contributed by atoms with Crippen LogP contribution in [0.1, 0.15) is 57.8 Å². The van der Waals surface area contributed by atoms with Gasteiger partial charge in [0.25, 0.3) is 6.08 Å². The minimum Gasteiger partial charge on any atom is -0.207 e. The largest absolute Gasteiger partial charge is 0.269 e. The second kappa shape index (κ2) is 7.75. The first-order chi connectivity index (χ1) is 11.0. The van der Waals surface area contributed by atoms with Crippen LogP contribution in [-0.2, 0) is 0 Å². The highest BCUT2D eigenvalue weighted by Crippen LogP contribution is 2.43. The molecule has 0 aliphatic heterocycles. The van der Waals surface area contributed by atoms with E-state index in [1.54, 1.807) is 0 Å². The van der Waals surface area contributed by atoms with Crippen LogP contribution in [-0.4, -0.2) is 3.92 Å². The van der Waals surface area contributed by atoms with Crippen molar-refractivity contribution >= 4 is 22.6 Å². The fourth-order valence-electron chi connectivity index (χ4n) is 4.38. The Hall–Kier alpha value is -0.260. The van der Waals surface area contributed by atoms with Crippen LogP contribution in [0.25, 0.3) is 0 Å². The van der Waals surface area contributed by atoms with Gasteiger partial charge in [-0.15, -0.1) is 0 Å². The molecule has 0 spiro atoms. The van der Waals surface area contributed by atoms with E-state index < -0.39 is 6.08 Å². The topological polar surface area (TPSA) is 0 Å². The van der Waals surface area contributed by atoms with Crippen molar-refractivity contribution in [1.29, 1.82) is 0 Å². The number of hydrogen-bond donors (Lipinski definition) is 0. The van der Waals surface area contributed by atoms with Crippen molar-refractivity contribution in [2.75, 3.05) is 0 Å². The smallest absolute Gasteiger partial charge is 0.207 e. The van der Waals surface area contributed by atoms with Gasteiger partial charge in [-0.05, 0) is 92.8 Å². The minimum absolute atomic E-state index is 0.0732. The lowest BCUT2D eigenvalue weighted by Gasteiger charge is -2.33. The van der Waals surface area contributed by atoms with E-state index in [-0.39, 0.29) is 17.3 Å². The Morgan fingerprint density at radius 3 is 2.22 bits per heavy atom. The van der Waals surface area contributed by atoms with Gasteiger partial charge in [0.15, 0.2) is 0 Å². The molecule has 3 aliphatic rings. The molecule has 1 unspecified atom stereocenters. The standard InChI is InChI=1S/C19H24F3I/c20-18-11-15(12-5-8-16(23)9-6-12)7-10-17(18)13-1-3-14(4-2-13)19(21)22/h10-13,15-16H,1-9H2. The fraction of sp³-hybridized carbons (Fsp3) is 0.684. The second-order valence-electron chi connectivity index (χ2n) is 7.22. The number of halogens is 4. The van der Waals surface area contributed by atoms with E-state index in [0.29, 0.717) is 37.5 Å². The summed E-state index contributed by atoms with van der Waals surface area (Å²) in [6, 6.07) is 0. The van der Waals surface area contributed by atoms with Crippen LogP contribution in [0.15, 0.2) is 35.2 Å². The summed E-state index contributed by atoms with van der Waals surface area (Å²) in [4.78, 5) is 0. The Morgan fingerprint density at radius 1 is 1.00 bits per heavy atom. The maximum Gasteiger partial charge on any atom is 0.269 e. The van der Waals surface area contributed by atoms with Crippen molar-refractivity contribution < 1.29 is 13.2 Å². The molecule has 23 heavy (non-hydrogen) atoms. The molecule has 0 heterocycles. The number of hydrogen-bond acceptors (Lipinski definition) is 0. The summed E-state index contributed by atoms with van der Waals surface area (Å²) in [6.07, 6.45) is 10.4. The van der Waals surface area contributed by atoms with Crippen LogP contribution in [0.2, 0.25) is 0 Å². The van der Waals surface area contributed by atoms with Gasteiger partial charge in [-0.2, -0.15) is 8.78 Å². The van der Waals surface area contributed by atoms with Gasteiger partial charge >= 0.3 is 0 Å². The average Bonchev–Trinajstić information content (AvgIpc) is 2.55. The van der Waals surface area contributed by atoms with Crippen LogP contribution >= 0.6 is 22.6 Å². The number of allylic oxidation sites excluding steroid dienone is 5. The molecule has 3 aliphatic carbocycles. The van der Waals surface area contributed by atoms with Crippen LogP contribution in [0, 0.1) is 17.8 Å². The zero-order chi connectivity index (χ0) is 16.4. The fourth-order valence-corrected chi connectivity index (χ4v) is 5.10. The Bertz CT molecular complexity index is 513. The molecule has 0 amide bonds. The zero-order valence-corrected chi connectivity index (χ0v) is 15.5. The zero-order valence-electron chi connectivity index (χ0n) is 13.3. The lowest BCUT2D eigenvalue weighted by molar-refractivity contribution is 0.288. The molecule has 0 nitrogen and oxygen atoms in total. The summed E-state index contributed by atoms with van der Waals surface area (Å²) in [7, 11) is 0. The van der Waals surface area contributed by atoms with E-state index in [1.807, 2.05) is 6.08 Å². The third-order valence-corrected chi connectivity index (χ3v) is 7.09. The SMILES string of the molecule is FC1=CC(C2CCC(I)CC2)CC=C1C1CCC(=C(F)F)CC1. The molecule has 0 N–H and O–H groups in total. The van der Waals surface area contributed by atoms with Gasteiger partial charge in [0.2, 0.25) is 0 Å². The monoisotopic (exact) mass is 436 g/mol. The maximum atomic E-state index is 14.6. The van der Waals surface area contributed by atoms with Crippen LogP contribution < -0.4 is 0 Å². The van der Waals surface area contributed by atoms with Gasteiger partial charge in [-0.3, -0.25) is 0 Å². The summed E-state index contributed by atoms with van der Waals surface area (Å²) < 4.78 is 40.6. The normalized spacial score (nSPS) is 35.6. The molecule has 0 bridgehead atoms. The average molecular weight is 436 g/mol. The summed E-state index contributed by atoms with van der Waals surface area (Å²) in [5, 5.41) is 0. The number of rotatable bonds is 2. The van der Waals surface area contributed by atoms with Crippen LogP contribution in [0.5, 0.6) is 0 Å². The highest BCUT2D eigenvalue weighted by molar-refractivity contribution is 14.1. The van der Waals surface area contributed by atoms with E-state index in [2.05, 4.69) is 28.7 Å². The third-order valence-electron chi connectivity index (χ3n) is 5.85. The molecule has 0 saturated heterocycles. The minimum atomic E-state index is -1.52. The molecule has 0 aromatic heterocycles. The van der Waals surface area contributed by atoms with Gasteiger partial charge in [-0.1, -0.05) is 28.7 Å². The summed E-state index contributed by atoms with van der Waals surface area (Å²) in [6.45, 7) is 0. The summed E-state index contributed by atoms with van der Waals surface area (Å²) in [5.41, 5.74) is 1.07. The molecular formula is C19H24F3I. The summed E-state index contributed by atoms with van der Waals surface area (Å²) >= 11 is 2.52. The van der Waals surface area contributed by atoms with E-state index in [0.717, 1.165) is 15.9 Å². The molecular weight excluding hydrogens is 412 g/mol. The molecule has 3 rings (SSSR count). The second-order valence-corrected chi connectivity index (χ2v) is 8.99. The Morgan fingerprint density at radius 2 is 1.65 bits per heavy atom. The van der Waals surface area contributed by atoms with Crippen molar-refractivity contribution in [2.45, 2.75) is 61.7 Å². The highest BCUT2D eigenvalue weighted by Gasteiger charge is 2.31. The molecule has 0 aromatic carbocycles. The molecule has 0 aromatic rings. The van der Waals surface area contributed by atoms with Gasteiger partial charge in [-0.25, -0.2) is 4.39 Å². The predicted octanol–water partition coefficient (Wildman–Crippen LogP) is 7.12. The van der Waals surface area contributed by atoms with Crippen molar-refractivity contribution in [1.82, 2.24) is 0 Å². The first-order valence-electron chi connectivity index (χ1n) is 8.79. The number of alkyl halides is 1. The third kappa shape index (κ3) is 4.23. The Balaban J connectivity index is 1.59. The summed E-state index contributed by atoms with van der Waals surface area (Å²) in [5.74, 6) is 1.01. The Kier molecular flexibility index (Phi) is 5.92. The van der Waals surface area contributed by atoms with Crippen LogP contribution in [0.4, 0.5) is 13.2 Å². The van der Waals surface area contributed by atoms with E-state index in [4.69, 9.17) is 0 Å². The van der Waals surface area contributed by atoms with Crippen molar-refractivity contribution in [3.05, 3.63) is 35.2 Å². The highest BCUT2D eigenvalue weighted by atomic mass is 127. The van der Waals surface area contributed by atoms with E-state index >= 15 is 0 Å². The predicted molar refractivity (Wildman–Crippen MR) is 96.3 cm³/mol. The van der Waals surface area contributed by atoms with Gasteiger partial charge in [0.1, 0.15) is 5.83 Å². The van der Waals surface area contributed by atoms with Gasteiger partial charge in [0.05, 0.1) is 0 Å². The lowest BCUT2D eigenvalue weighted by atomic mass is 9.73. The van der Waals surface area contributed by atoms with Gasteiger partial charge < -0.3 is 0 Å². The van der Waals surface area contributed by atoms with Crippen molar-refractivity contribution in [3.8, 4) is 0 Å².